The third kappa shape index (κ3) is 3.74. The zero-order chi connectivity index (χ0) is 15.2. The number of carbonyl (C=O) groups is 1. The summed E-state index contributed by atoms with van der Waals surface area (Å²) in [6.45, 7) is 4.85. The fourth-order valence-corrected chi connectivity index (χ4v) is 3.40. The molecule has 0 unspecified atom stereocenters. The maximum atomic E-state index is 11.5. The number of nitrogens with one attached hydrogen (secondary N) is 1. The van der Waals surface area contributed by atoms with Gasteiger partial charge in [-0.15, -0.1) is 5.10 Å². The summed E-state index contributed by atoms with van der Waals surface area (Å²) < 4.78 is 0. The lowest BCUT2D eigenvalue weighted by Crippen LogP contribution is -2.39. The Labute approximate surface area is 131 Å². The summed E-state index contributed by atoms with van der Waals surface area (Å²) in [5, 5.41) is 11.7. The molecule has 1 N–H and O–H groups in total. The van der Waals surface area contributed by atoms with E-state index in [1.165, 1.54) is 12.8 Å². The van der Waals surface area contributed by atoms with Crippen molar-refractivity contribution in [1.82, 2.24) is 20.4 Å². The highest BCUT2D eigenvalue weighted by Gasteiger charge is 2.25. The van der Waals surface area contributed by atoms with Crippen LogP contribution in [0.5, 0.6) is 0 Å². The highest BCUT2D eigenvalue weighted by Crippen LogP contribution is 2.22. The van der Waals surface area contributed by atoms with Gasteiger partial charge in [-0.25, -0.2) is 0 Å². The molecule has 0 aromatic carbocycles. The average molecular weight is 303 g/mol. The summed E-state index contributed by atoms with van der Waals surface area (Å²) in [4.78, 5) is 15.9. The molecular weight excluding hydrogens is 278 g/mol. The standard InChI is InChI=1S/C16H25N5O/c22-16-7-3-10-20(16)11-4-8-17-13-14-5-2-12-21(14)15-6-1-9-18-19-15/h1,6,9,14,17H,2-5,7-8,10-13H2/t14-/m0/s1. The van der Waals surface area contributed by atoms with Crippen molar-refractivity contribution in [2.75, 3.05) is 37.6 Å². The molecule has 1 amide bonds. The van der Waals surface area contributed by atoms with Crippen LogP contribution < -0.4 is 10.2 Å². The minimum absolute atomic E-state index is 0.324. The normalized spacial score (nSPS) is 21.8. The highest BCUT2D eigenvalue weighted by molar-refractivity contribution is 5.77. The van der Waals surface area contributed by atoms with Crippen LogP contribution in [-0.2, 0) is 4.79 Å². The number of hydrogen-bond acceptors (Lipinski definition) is 5. The first-order chi connectivity index (χ1) is 10.8. The highest BCUT2D eigenvalue weighted by atomic mass is 16.2. The molecule has 6 heteroatoms. The van der Waals surface area contributed by atoms with E-state index in [1.54, 1.807) is 6.20 Å². The third-order valence-electron chi connectivity index (χ3n) is 4.56. The van der Waals surface area contributed by atoms with E-state index in [0.29, 0.717) is 11.9 Å². The number of carbonyl (C=O) groups excluding carboxylic acids is 1. The smallest absolute Gasteiger partial charge is 0.222 e. The van der Waals surface area contributed by atoms with Gasteiger partial charge in [0.25, 0.3) is 0 Å². The first kappa shape index (κ1) is 15.2. The molecule has 22 heavy (non-hydrogen) atoms. The van der Waals surface area contributed by atoms with Gasteiger partial charge in [0.2, 0.25) is 5.91 Å². The van der Waals surface area contributed by atoms with Crippen molar-refractivity contribution in [3.8, 4) is 0 Å². The molecular formula is C16H25N5O. The quantitative estimate of drug-likeness (QED) is 0.763. The van der Waals surface area contributed by atoms with Crippen LogP contribution in [0, 0.1) is 0 Å². The van der Waals surface area contributed by atoms with Crippen molar-refractivity contribution in [2.45, 2.75) is 38.1 Å². The zero-order valence-electron chi connectivity index (χ0n) is 13.1. The number of hydrogen-bond donors (Lipinski definition) is 1. The number of aromatic nitrogens is 2. The summed E-state index contributed by atoms with van der Waals surface area (Å²) in [6, 6.07) is 4.48. The van der Waals surface area contributed by atoms with Gasteiger partial charge in [0.15, 0.2) is 5.82 Å². The lowest BCUT2D eigenvalue weighted by atomic mass is 10.2. The Bertz CT molecular complexity index is 481. The van der Waals surface area contributed by atoms with Crippen molar-refractivity contribution in [3.63, 3.8) is 0 Å². The fourth-order valence-electron chi connectivity index (χ4n) is 3.40. The molecule has 2 aliphatic rings. The SMILES string of the molecule is O=C1CCCN1CCCNC[C@@H]1CCCN1c1cccnn1. The Morgan fingerprint density at radius 2 is 2.27 bits per heavy atom. The van der Waals surface area contributed by atoms with Crippen LogP contribution in [-0.4, -0.2) is 59.8 Å². The van der Waals surface area contributed by atoms with E-state index < -0.39 is 0 Å². The van der Waals surface area contributed by atoms with Gasteiger partial charge in [0, 0.05) is 44.8 Å². The zero-order valence-corrected chi connectivity index (χ0v) is 13.1. The van der Waals surface area contributed by atoms with Crippen molar-refractivity contribution in [1.29, 1.82) is 0 Å². The van der Waals surface area contributed by atoms with Gasteiger partial charge in [-0.1, -0.05) is 0 Å². The first-order valence-corrected chi connectivity index (χ1v) is 8.37. The molecule has 1 aromatic rings. The van der Waals surface area contributed by atoms with Gasteiger partial charge < -0.3 is 15.1 Å². The van der Waals surface area contributed by atoms with Gasteiger partial charge in [-0.05, 0) is 44.4 Å². The maximum absolute atomic E-state index is 11.5. The molecule has 2 aliphatic heterocycles. The van der Waals surface area contributed by atoms with Crippen LogP contribution >= 0.6 is 0 Å². The number of nitrogens with zero attached hydrogens (tertiary/aromatic N) is 4. The maximum Gasteiger partial charge on any atom is 0.222 e. The van der Waals surface area contributed by atoms with Gasteiger partial charge in [0.05, 0.1) is 0 Å². The van der Waals surface area contributed by atoms with Crippen molar-refractivity contribution >= 4 is 11.7 Å². The minimum Gasteiger partial charge on any atom is -0.351 e. The summed E-state index contributed by atoms with van der Waals surface area (Å²) >= 11 is 0. The van der Waals surface area contributed by atoms with E-state index in [1.807, 2.05) is 17.0 Å². The van der Waals surface area contributed by atoms with Crippen molar-refractivity contribution in [2.24, 2.45) is 0 Å². The van der Waals surface area contributed by atoms with Gasteiger partial charge in [0.1, 0.15) is 0 Å². The molecule has 3 rings (SSSR count). The second kappa shape index (κ2) is 7.54. The second-order valence-corrected chi connectivity index (χ2v) is 6.11. The monoisotopic (exact) mass is 303 g/mol. The predicted molar refractivity (Wildman–Crippen MR) is 85.7 cm³/mol. The third-order valence-corrected chi connectivity index (χ3v) is 4.56. The van der Waals surface area contributed by atoms with Crippen LogP contribution in [0.15, 0.2) is 18.3 Å². The number of likely N-dealkylation sites (tertiary alicyclic amines) is 1. The Kier molecular flexibility index (Phi) is 5.21. The molecule has 0 bridgehead atoms. The van der Waals surface area contributed by atoms with Crippen LogP contribution in [0.25, 0.3) is 0 Å². The van der Waals surface area contributed by atoms with Gasteiger partial charge >= 0.3 is 0 Å². The topological polar surface area (TPSA) is 61.4 Å². The Hall–Kier alpha value is -1.69. The Morgan fingerprint density at radius 1 is 1.32 bits per heavy atom. The number of rotatable bonds is 7. The molecule has 0 saturated carbocycles. The molecule has 6 nitrogen and oxygen atoms in total. The van der Waals surface area contributed by atoms with E-state index in [2.05, 4.69) is 20.4 Å². The Morgan fingerprint density at radius 3 is 3.05 bits per heavy atom. The molecule has 0 aliphatic carbocycles. The molecule has 0 radical (unpaired) electrons. The minimum atomic E-state index is 0.324. The van der Waals surface area contributed by atoms with E-state index in [4.69, 9.17) is 0 Å². The van der Waals surface area contributed by atoms with Crippen LogP contribution in [0.1, 0.15) is 32.1 Å². The van der Waals surface area contributed by atoms with E-state index in [0.717, 1.165) is 57.8 Å². The number of anilines is 1. The first-order valence-electron chi connectivity index (χ1n) is 8.37. The summed E-state index contributed by atoms with van der Waals surface area (Å²) in [7, 11) is 0. The summed E-state index contributed by atoms with van der Waals surface area (Å²) in [6.07, 6.45) is 6.93. The molecule has 2 fully saturated rings. The van der Waals surface area contributed by atoms with Gasteiger partial charge in [-0.3, -0.25) is 4.79 Å². The molecule has 1 aromatic heterocycles. The lowest BCUT2D eigenvalue weighted by molar-refractivity contribution is -0.127. The van der Waals surface area contributed by atoms with Gasteiger partial charge in [-0.2, -0.15) is 5.10 Å². The van der Waals surface area contributed by atoms with Crippen LogP contribution in [0.2, 0.25) is 0 Å². The predicted octanol–water partition coefficient (Wildman–Crippen LogP) is 1.05. The molecule has 3 heterocycles. The number of amides is 1. The largest absolute Gasteiger partial charge is 0.351 e. The molecule has 1 atom stereocenters. The summed E-state index contributed by atoms with van der Waals surface area (Å²) in [5.41, 5.74) is 0. The van der Waals surface area contributed by atoms with E-state index in [-0.39, 0.29) is 0 Å². The molecule has 120 valence electrons. The van der Waals surface area contributed by atoms with E-state index in [9.17, 15) is 4.79 Å². The van der Waals surface area contributed by atoms with Crippen LogP contribution in [0.3, 0.4) is 0 Å². The fraction of sp³-hybridized carbons (Fsp3) is 0.688. The van der Waals surface area contributed by atoms with Crippen molar-refractivity contribution in [3.05, 3.63) is 18.3 Å². The molecule has 2 saturated heterocycles. The summed E-state index contributed by atoms with van der Waals surface area (Å²) in [5.74, 6) is 1.30. The van der Waals surface area contributed by atoms with Crippen molar-refractivity contribution < 1.29 is 4.79 Å². The van der Waals surface area contributed by atoms with Crippen LogP contribution in [0.4, 0.5) is 5.82 Å². The van der Waals surface area contributed by atoms with E-state index >= 15 is 0 Å². The lowest BCUT2D eigenvalue weighted by Gasteiger charge is -2.25. The average Bonchev–Trinajstić information content (AvgIpc) is 3.17. The molecule has 0 spiro atoms. The Balaban J connectivity index is 1.37. The second-order valence-electron chi connectivity index (χ2n) is 6.11.